The zero-order chi connectivity index (χ0) is 13.3. The Morgan fingerprint density at radius 3 is 2.56 bits per heavy atom. The van der Waals surface area contributed by atoms with Gasteiger partial charge in [0.1, 0.15) is 5.60 Å². The lowest BCUT2D eigenvalue weighted by Crippen LogP contribution is -2.66. The highest BCUT2D eigenvalue weighted by Crippen LogP contribution is 2.30. The third kappa shape index (κ3) is 2.08. The number of hydrogen-bond acceptors (Lipinski definition) is 3. The van der Waals surface area contributed by atoms with Gasteiger partial charge in [0, 0.05) is 12.7 Å². The molecule has 1 aromatic rings. The molecule has 0 aliphatic carbocycles. The van der Waals surface area contributed by atoms with Gasteiger partial charge in [0.2, 0.25) is 0 Å². The Labute approximate surface area is 108 Å². The van der Waals surface area contributed by atoms with Crippen LogP contribution in [0.2, 0.25) is 0 Å². The molecule has 0 spiro atoms. The molecule has 1 fully saturated rings. The number of anilines is 1. The predicted molar refractivity (Wildman–Crippen MR) is 71.7 cm³/mol. The normalized spacial score (nSPS) is 17.5. The molecule has 0 unspecified atom stereocenters. The first-order valence-electron chi connectivity index (χ1n) is 6.26. The van der Waals surface area contributed by atoms with E-state index in [-0.39, 0.29) is 11.8 Å². The second kappa shape index (κ2) is 4.61. The average Bonchev–Trinajstić information content (AvgIpc) is 2.33. The molecule has 1 aliphatic heterocycles. The number of nitrogens with zero attached hydrogens (tertiary/aromatic N) is 1. The minimum absolute atomic E-state index is 0.0229. The van der Waals surface area contributed by atoms with Gasteiger partial charge in [0.25, 0.3) is 5.91 Å². The molecular weight excluding hydrogens is 228 g/mol. The first-order valence-corrected chi connectivity index (χ1v) is 6.26. The second-order valence-electron chi connectivity index (χ2n) is 5.22. The second-order valence-corrected chi connectivity index (χ2v) is 5.22. The van der Waals surface area contributed by atoms with E-state index in [0.29, 0.717) is 18.7 Å². The van der Waals surface area contributed by atoms with Crippen molar-refractivity contribution in [1.82, 2.24) is 4.90 Å². The van der Waals surface area contributed by atoms with Crippen molar-refractivity contribution in [2.75, 3.05) is 25.5 Å². The SMILES string of the molecule is CNc1ccccc1C(=O)N1CC(O)(C(C)C)C1. The first kappa shape index (κ1) is 12.9. The number of nitrogens with one attached hydrogen (secondary N) is 1. The maximum Gasteiger partial charge on any atom is 0.256 e. The van der Waals surface area contributed by atoms with E-state index in [4.69, 9.17) is 0 Å². The van der Waals surface area contributed by atoms with Crippen molar-refractivity contribution in [1.29, 1.82) is 0 Å². The standard InChI is InChI=1S/C14H20N2O2/c1-10(2)14(18)8-16(9-14)13(17)11-6-4-5-7-12(11)15-3/h4-7,10,15,18H,8-9H2,1-3H3. The number of benzene rings is 1. The van der Waals surface area contributed by atoms with Gasteiger partial charge in [-0.1, -0.05) is 26.0 Å². The van der Waals surface area contributed by atoms with Gasteiger partial charge in [-0.15, -0.1) is 0 Å². The van der Waals surface area contributed by atoms with Crippen LogP contribution in [-0.2, 0) is 0 Å². The Morgan fingerprint density at radius 2 is 2.00 bits per heavy atom. The van der Waals surface area contributed by atoms with Crippen LogP contribution in [0.5, 0.6) is 0 Å². The maximum absolute atomic E-state index is 12.3. The molecular formula is C14H20N2O2. The number of amides is 1. The molecule has 0 atom stereocenters. The molecule has 98 valence electrons. The number of carbonyl (C=O) groups excluding carboxylic acids is 1. The summed E-state index contributed by atoms with van der Waals surface area (Å²) in [4.78, 5) is 14.0. The fraction of sp³-hybridized carbons (Fsp3) is 0.500. The molecule has 1 amide bonds. The van der Waals surface area contributed by atoms with Crippen molar-refractivity contribution < 1.29 is 9.90 Å². The number of aliphatic hydroxyl groups is 1. The Balaban J connectivity index is 2.11. The van der Waals surface area contributed by atoms with Gasteiger partial charge in [-0.3, -0.25) is 4.79 Å². The lowest BCUT2D eigenvalue weighted by Gasteiger charge is -2.49. The lowest BCUT2D eigenvalue weighted by atomic mass is 9.82. The van der Waals surface area contributed by atoms with Crippen LogP contribution in [0.25, 0.3) is 0 Å². The van der Waals surface area contributed by atoms with Gasteiger partial charge in [-0.25, -0.2) is 0 Å². The molecule has 4 heteroatoms. The molecule has 0 bridgehead atoms. The molecule has 1 aromatic carbocycles. The molecule has 0 radical (unpaired) electrons. The van der Waals surface area contributed by atoms with Crippen molar-refractivity contribution in [3.8, 4) is 0 Å². The van der Waals surface area contributed by atoms with Crippen molar-refractivity contribution in [2.24, 2.45) is 5.92 Å². The minimum Gasteiger partial charge on any atom is -0.387 e. The topological polar surface area (TPSA) is 52.6 Å². The lowest BCUT2D eigenvalue weighted by molar-refractivity contribution is -0.110. The van der Waals surface area contributed by atoms with Crippen LogP contribution >= 0.6 is 0 Å². The summed E-state index contributed by atoms with van der Waals surface area (Å²) in [6.07, 6.45) is 0. The van der Waals surface area contributed by atoms with Crippen molar-refractivity contribution in [3.63, 3.8) is 0 Å². The molecule has 0 saturated carbocycles. The summed E-state index contributed by atoms with van der Waals surface area (Å²) in [6, 6.07) is 7.42. The fourth-order valence-corrected chi connectivity index (χ4v) is 2.18. The summed E-state index contributed by atoms with van der Waals surface area (Å²) in [6.45, 7) is 4.79. The third-order valence-corrected chi connectivity index (χ3v) is 3.72. The molecule has 0 aromatic heterocycles. The van der Waals surface area contributed by atoms with E-state index in [2.05, 4.69) is 5.32 Å². The summed E-state index contributed by atoms with van der Waals surface area (Å²) in [5.74, 6) is 0.145. The molecule has 4 nitrogen and oxygen atoms in total. The number of likely N-dealkylation sites (tertiary alicyclic amines) is 1. The van der Waals surface area contributed by atoms with E-state index in [1.807, 2.05) is 32.0 Å². The number of para-hydroxylation sites is 1. The van der Waals surface area contributed by atoms with Gasteiger partial charge in [-0.2, -0.15) is 0 Å². The molecule has 1 aliphatic rings. The van der Waals surface area contributed by atoms with Crippen molar-refractivity contribution >= 4 is 11.6 Å². The van der Waals surface area contributed by atoms with Crippen LogP contribution < -0.4 is 5.32 Å². The molecule has 18 heavy (non-hydrogen) atoms. The number of rotatable bonds is 3. The molecule has 2 rings (SSSR count). The van der Waals surface area contributed by atoms with Crippen molar-refractivity contribution in [3.05, 3.63) is 29.8 Å². The van der Waals surface area contributed by atoms with E-state index in [0.717, 1.165) is 5.69 Å². The van der Waals surface area contributed by atoms with Gasteiger partial charge >= 0.3 is 0 Å². The number of carbonyl (C=O) groups is 1. The Bertz CT molecular complexity index is 451. The maximum atomic E-state index is 12.3. The zero-order valence-corrected chi connectivity index (χ0v) is 11.1. The highest BCUT2D eigenvalue weighted by molar-refractivity contribution is 6.00. The van der Waals surface area contributed by atoms with E-state index >= 15 is 0 Å². The molecule has 2 N–H and O–H groups in total. The molecule has 1 heterocycles. The Hall–Kier alpha value is -1.55. The Morgan fingerprint density at radius 1 is 1.39 bits per heavy atom. The van der Waals surface area contributed by atoms with Gasteiger partial charge < -0.3 is 15.3 Å². The van der Waals surface area contributed by atoms with Gasteiger partial charge in [-0.05, 0) is 18.1 Å². The summed E-state index contributed by atoms with van der Waals surface area (Å²) in [5.41, 5.74) is 0.762. The van der Waals surface area contributed by atoms with Gasteiger partial charge in [0.05, 0.1) is 18.7 Å². The Kier molecular flexibility index (Phi) is 3.30. The van der Waals surface area contributed by atoms with Crippen LogP contribution in [0.15, 0.2) is 24.3 Å². The van der Waals surface area contributed by atoms with E-state index in [1.54, 1.807) is 18.0 Å². The zero-order valence-electron chi connectivity index (χ0n) is 11.1. The van der Waals surface area contributed by atoms with E-state index in [9.17, 15) is 9.90 Å². The number of β-amino-alcohol motifs (C(OH)–C–C–N with tert-alkyl or cyclic N) is 1. The third-order valence-electron chi connectivity index (χ3n) is 3.72. The predicted octanol–water partition coefficient (Wildman–Crippen LogP) is 1.57. The summed E-state index contributed by atoms with van der Waals surface area (Å²) in [7, 11) is 1.80. The van der Waals surface area contributed by atoms with E-state index < -0.39 is 5.60 Å². The highest BCUT2D eigenvalue weighted by Gasteiger charge is 2.46. The number of hydrogen-bond donors (Lipinski definition) is 2. The van der Waals surface area contributed by atoms with Crippen LogP contribution in [-0.4, -0.2) is 41.7 Å². The van der Waals surface area contributed by atoms with Crippen LogP contribution in [0, 0.1) is 5.92 Å². The van der Waals surface area contributed by atoms with Gasteiger partial charge in [0.15, 0.2) is 0 Å². The summed E-state index contributed by atoms with van der Waals surface area (Å²) in [5, 5.41) is 13.2. The fourth-order valence-electron chi connectivity index (χ4n) is 2.18. The average molecular weight is 248 g/mol. The molecule has 1 saturated heterocycles. The quantitative estimate of drug-likeness (QED) is 0.853. The smallest absolute Gasteiger partial charge is 0.256 e. The minimum atomic E-state index is -0.718. The van der Waals surface area contributed by atoms with E-state index in [1.165, 1.54) is 0 Å². The summed E-state index contributed by atoms with van der Waals surface area (Å²) < 4.78 is 0. The largest absolute Gasteiger partial charge is 0.387 e. The van der Waals surface area contributed by atoms with Crippen LogP contribution in [0.1, 0.15) is 24.2 Å². The van der Waals surface area contributed by atoms with Crippen LogP contribution in [0.4, 0.5) is 5.69 Å². The summed E-state index contributed by atoms with van der Waals surface area (Å²) >= 11 is 0. The van der Waals surface area contributed by atoms with Crippen LogP contribution in [0.3, 0.4) is 0 Å². The first-order chi connectivity index (χ1) is 8.48. The monoisotopic (exact) mass is 248 g/mol. The van der Waals surface area contributed by atoms with Crippen molar-refractivity contribution in [2.45, 2.75) is 19.4 Å². The highest BCUT2D eigenvalue weighted by atomic mass is 16.3.